The summed E-state index contributed by atoms with van der Waals surface area (Å²) in [5.74, 6) is 1.66. The summed E-state index contributed by atoms with van der Waals surface area (Å²) in [5.41, 5.74) is 5.92. The number of thioether (sulfide) groups is 1. The highest BCUT2D eigenvalue weighted by atomic mass is 32.2. The molecule has 1 rings (SSSR count). The molecular formula is C12H16F3NS. The van der Waals surface area contributed by atoms with Gasteiger partial charge in [0.2, 0.25) is 0 Å². The summed E-state index contributed by atoms with van der Waals surface area (Å²) in [7, 11) is 0. The smallest absolute Gasteiger partial charge is 0.328 e. The average Bonchev–Trinajstić information content (AvgIpc) is 2.23. The van der Waals surface area contributed by atoms with Crippen LogP contribution in [0.25, 0.3) is 0 Å². The van der Waals surface area contributed by atoms with Crippen molar-refractivity contribution in [1.29, 1.82) is 0 Å². The molecule has 1 unspecified atom stereocenters. The lowest BCUT2D eigenvalue weighted by molar-refractivity contribution is -0.137. The van der Waals surface area contributed by atoms with Crippen LogP contribution in [0.3, 0.4) is 0 Å². The van der Waals surface area contributed by atoms with Crippen molar-refractivity contribution < 1.29 is 13.2 Å². The number of nitrogens with two attached hydrogens (primary N) is 1. The molecule has 1 nitrogen and oxygen atoms in total. The fraction of sp³-hybridized carbons (Fsp3) is 0.500. The molecular weight excluding hydrogens is 247 g/mol. The molecule has 0 fully saturated rings. The first-order valence-corrected chi connectivity index (χ1v) is 6.54. The van der Waals surface area contributed by atoms with Crippen LogP contribution in [-0.4, -0.2) is 11.8 Å². The molecule has 0 bridgehead atoms. The Morgan fingerprint density at radius 1 is 1.24 bits per heavy atom. The van der Waals surface area contributed by atoms with Crippen molar-refractivity contribution in [2.75, 3.05) is 5.75 Å². The number of halogens is 3. The topological polar surface area (TPSA) is 26.0 Å². The predicted molar refractivity (Wildman–Crippen MR) is 65.9 cm³/mol. The first-order chi connectivity index (χ1) is 7.89. The number of benzene rings is 1. The van der Waals surface area contributed by atoms with Crippen molar-refractivity contribution in [3.8, 4) is 0 Å². The van der Waals surface area contributed by atoms with Gasteiger partial charge < -0.3 is 5.73 Å². The quantitative estimate of drug-likeness (QED) is 0.820. The van der Waals surface area contributed by atoms with Crippen LogP contribution in [0.15, 0.2) is 24.3 Å². The van der Waals surface area contributed by atoms with Gasteiger partial charge in [-0.3, -0.25) is 0 Å². The molecule has 1 aromatic rings. The molecule has 17 heavy (non-hydrogen) atoms. The molecule has 0 aromatic heterocycles. The normalized spacial score (nSPS) is 13.7. The van der Waals surface area contributed by atoms with Gasteiger partial charge in [0.25, 0.3) is 0 Å². The summed E-state index contributed by atoms with van der Waals surface area (Å²) < 4.78 is 36.9. The Morgan fingerprint density at radius 2 is 1.82 bits per heavy atom. The van der Waals surface area contributed by atoms with Crippen molar-refractivity contribution >= 4 is 11.8 Å². The van der Waals surface area contributed by atoms with E-state index in [0.717, 1.165) is 35.6 Å². The molecule has 1 aromatic carbocycles. The van der Waals surface area contributed by atoms with Crippen LogP contribution in [0.4, 0.5) is 13.2 Å². The monoisotopic (exact) mass is 263 g/mol. The van der Waals surface area contributed by atoms with Crippen LogP contribution in [0.2, 0.25) is 0 Å². The minimum absolute atomic E-state index is 0.176. The Morgan fingerprint density at radius 3 is 2.29 bits per heavy atom. The van der Waals surface area contributed by atoms with Gasteiger partial charge in [0.05, 0.1) is 5.56 Å². The van der Waals surface area contributed by atoms with Crippen LogP contribution >= 0.6 is 11.8 Å². The molecule has 2 N–H and O–H groups in total. The summed E-state index contributed by atoms with van der Waals surface area (Å²) in [6.45, 7) is 1.94. The average molecular weight is 263 g/mol. The van der Waals surface area contributed by atoms with Crippen molar-refractivity contribution in [3.63, 3.8) is 0 Å². The van der Waals surface area contributed by atoms with Gasteiger partial charge in [0, 0.05) is 11.8 Å². The number of rotatable bonds is 5. The summed E-state index contributed by atoms with van der Waals surface area (Å²) >= 11 is 1.69. The minimum Gasteiger partial charge on any atom is -0.328 e. The number of hydrogen-bond acceptors (Lipinski definition) is 2. The predicted octanol–water partition coefficient (Wildman–Crippen LogP) is 3.68. The second kappa shape index (κ2) is 6.31. The summed E-state index contributed by atoms with van der Waals surface area (Å²) in [6, 6.07) is 5.49. The molecule has 0 aliphatic heterocycles. The third-order valence-electron chi connectivity index (χ3n) is 2.27. The van der Waals surface area contributed by atoms with Gasteiger partial charge in [0.1, 0.15) is 0 Å². The lowest BCUT2D eigenvalue weighted by Gasteiger charge is -2.08. The maximum atomic E-state index is 12.3. The maximum absolute atomic E-state index is 12.3. The van der Waals surface area contributed by atoms with Crippen molar-refractivity contribution in [2.45, 2.75) is 31.3 Å². The zero-order chi connectivity index (χ0) is 12.9. The molecule has 0 saturated carbocycles. The van der Waals surface area contributed by atoms with E-state index < -0.39 is 11.7 Å². The first kappa shape index (κ1) is 14.4. The molecule has 96 valence electrons. The fourth-order valence-corrected chi connectivity index (χ4v) is 2.36. The Labute approximate surface area is 104 Å². The molecule has 0 aliphatic carbocycles. The van der Waals surface area contributed by atoms with Crippen LogP contribution < -0.4 is 5.73 Å². The number of hydrogen-bond donors (Lipinski definition) is 1. The van der Waals surface area contributed by atoms with Crippen molar-refractivity contribution in [3.05, 3.63) is 35.4 Å². The molecule has 0 aliphatic rings. The molecule has 0 saturated heterocycles. The summed E-state index contributed by atoms with van der Waals surface area (Å²) in [4.78, 5) is 0. The summed E-state index contributed by atoms with van der Waals surface area (Å²) in [5, 5.41) is 0. The van der Waals surface area contributed by atoms with Gasteiger partial charge in [0.15, 0.2) is 0 Å². The third-order valence-corrected chi connectivity index (χ3v) is 3.33. The van der Waals surface area contributed by atoms with Crippen LogP contribution in [0.5, 0.6) is 0 Å². The molecule has 0 amide bonds. The largest absolute Gasteiger partial charge is 0.416 e. The van der Waals surface area contributed by atoms with E-state index in [1.807, 2.05) is 6.92 Å². The Balaban J connectivity index is 2.41. The van der Waals surface area contributed by atoms with Crippen molar-refractivity contribution in [2.24, 2.45) is 5.73 Å². The second-order valence-electron chi connectivity index (χ2n) is 4.01. The number of alkyl halides is 3. The van der Waals surface area contributed by atoms with Crippen LogP contribution in [0, 0.1) is 0 Å². The molecule has 1 atom stereocenters. The second-order valence-corrected chi connectivity index (χ2v) is 5.12. The molecule has 0 spiro atoms. The van der Waals surface area contributed by atoms with Gasteiger partial charge in [-0.05, 0) is 36.8 Å². The van der Waals surface area contributed by atoms with Crippen LogP contribution in [0.1, 0.15) is 24.5 Å². The van der Waals surface area contributed by atoms with E-state index in [9.17, 15) is 13.2 Å². The van der Waals surface area contributed by atoms with Gasteiger partial charge in [-0.1, -0.05) is 12.1 Å². The Kier molecular flexibility index (Phi) is 5.33. The Hall–Kier alpha value is -0.680. The maximum Gasteiger partial charge on any atom is 0.416 e. The van der Waals surface area contributed by atoms with Crippen LogP contribution in [-0.2, 0) is 11.9 Å². The zero-order valence-electron chi connectivity index (χ0n) is 9.63. The van der Waals surface area contributed by atoms with Gasteiger partial charge in [-0.25, -0.2) is 0 Å². The molecule has 0 heterocycles. The lowest BCUT2D eigenvalue weighted by atomic mass is 10.1. The van der Waals surface area contributed by atoms with E-state index in [0.29, 0.717) is 0 Å². The summed E-state index contributed by atoms with van der Waals surface area (Å²) in [6.07, 6.45) is -3.33. The highest BCUT2D eigenvalue weighted by Gasteiger charge is 2.29. The lowest BCUT2D eigenvalue weighted by Crippen LogP contribution is -2.15. The van der Waals surface area contributed by atoms with E-state index in [4.69, 9.17) is 5.73 Å². The molecule has 5 heteroatoms. The SMILES string of the molecule is CC(N)CCSCc1ccc(C(F)(F)F)cc1. The minimum atomic E-state index is -4.25. The van der Waals surface area contributed by atoms with E-state index in [1.165, 1.54) is 12.1 Å². The van der Waals surface area contributed by atoms with Crippen molar-refractivity contribution in [1.82, 2.24) is 0 Å². The van der Waals surface area contributed by atoms with E-state index in [1.54, 1.807) is 11.8 Å². The fourth-order valence-electron chi connectivity index (χ4n) is 1.25. The zero-order valence-corrected chi connectivity index (χ0v) is 10.4. The third kappa shape index (κ3) is 5.46. The molecule has 0 radical (unpaired) electrons. The standard InChI is InChI=1S/C12H16F3NS/c1-9(16)6-7-17-8-10-2-4-11(5-3-10)12(13,14)15/h2-5,9H,6-8,16H2,1H3. The highest BCUT2D eigenvalue weighted by Crippen LogP contribution is 2.29. The van der Waals surface area contributed by atoms with E-state index in [-0.39, 0.29) is 6.04 Å². The van der Waals surface area contributed by atoms with Gasteiger partial charge in [-0.15, -0.1) is 0 Å². The van der Waals surface area contributed by atoms with E-state index >= 15 is 0 Å². The highest BCUT2D eigenvalue weighted by molar-refractivity contribution is 7.98. The van der Waals surface area contributed by atoms with Gasteiger partial charge in [-0.2, -0.15) is 24.9 Å². The van der Waals surface area contributed by atoms with E-state index in [2.05, 4.69) is 0 Å². The Bertz CT molecular complexity index is 333. The van der Waals surface area contributed by atoms with Gasteiger partial charge >= 0.3 is 6.18 Å². The first-order valence-electron chi connectivity index (χ1n) is 5.39.